The van der Waals surface area contributed by atoms with E-state index in [0.717, 1.165) is 0 Å². The summed E-state index contributed by atoms with van der Waals surface area (Å²) in [7, 11) is 0. The van der Waals surface area contributed by atoms with Crippen molar-refractivity contribution in [2.45, 2.75) is 13.0 Å². The smallest absolute Gasteiger partial charge is 0.338 e. The molecule has 1 aromatic heterocycles. The number of phenols is 1. The van der Waals surface area contributed by atoms with Gasteiger partial charge in [0.05, 0.1) is 10.6 Å². The van der Waals surface area contributed by atoms with Crippen molar-refractivity contribution >= 4 is 28.2 Å². The van der Waals surface area contributed by atoms with E-state index in [-0.39, 0.29) is 17.2 Å². The minimum Gasteiger partial charge on any atom is -0.508 e. The first kappa shape index (κ1) is 14.1. The predicted molar refractivity (Wildman–Crippen MR) is 75.9 cm³/mol. The van der Waals surface area contributed by atoms with Crippen LogP contribution in [0.25, 0.3) is 0 Å². The van der Waals surface area contributed by atoms with Gasteiger partial charge in [0.15, 0.2) is 6.10 Å². The molecule has 1 aromatic carbocycles. The zero-order valence-corrected chi connectivity index (χ0v) is 11.5. The van der Waals surface area contributed by atoms with Crippen LogP contribution in [-0.2, 0) is 9.53 Å². The Hall–Kier alpha value is -2.34. The highest BCUT2D eigenvalue weighted by Gasteiger charge is 2.19. The number of aromatic hydroxyl groups is 1. The Kier molecular flexibility index (Phi) is 4.37. The fourth-order valence-corrected chi connectivity index (χ4v) is 2.07. The summed E-state index contributed by atoms with van der Waals surface area (Å²) in [5.41, 5.74) is 0.276. The van der Waals surface area contributed by atoms with Gasteiger partial charge in [0.2, 0.25) is 0 Å². The molecule has 0 radical (unpaired) electrons. The number of esters is 1. The SMILES string of the molecule is CC(OC(=O)c1ccc(O)cc1)C(=O)Nc1cccs1. The van der Waals surface area contributed by atoms with Gasteiger partial charge in [-0.3, -0.25) is 4.79 Å². The largest absolute Gasteiger partial charge is 0.508 e. The van der Waals surface area contributed by atoms with Gasteiger partial charge in [0.25, 0.3) is 5.91 Å². The van der Waals surface area contributed by atoms with Gasteiger partial charge in [0, 0.05) is 0 Å². The Balaban J connectivity index is 1.93. The van der Waals surface area contributed by atoms with Crippen LogP contribution in [0.1, 0.15) is 17.3 Å². The first-order valence-corrected chi connectivity index (χ1v) is 6.78. The number of anilines is 1. The van der Waals surface area contributed by atoms with Crippen molar-refractivity contribution in [3.8, 4) is 5.75 Å². The highest BCUT2D eigenvalue weighted by atomic mass is 32.1. The van der Waals surface area contributed by atoms with E-state index in [1.54, 1.807) is 6.07 Å². The van der Waals surface area contributed by atoms with Crippen molar-refractivity contribution < 1.29 is 19.4 Å². The van der Waals surface area contributed by atoms with Crippen LogP contribution in [0.5, 0.6) is 5.75 Å². The summed E-state index contributed by atoms with van der Waals surface area (Å²) in [4.78, 5) is 23.6. The summed E-state index contributed by atoms with van der Waals surface area (Å²) in [6.45, 7) is 1.50. The first-order chi connectivity index (χ1) is 9.56. The number of rotatable bonds is 4. The Morgan fingerprint density at radius 3 is 2.55 bits per heavy atom. The van der Waals surface area contributed by atoms with Crippen molar-refractivity contribution in [2.24, 2.45) is 0 Å². The van der Waals surface area contributed by atoms with E-state index in [9.17, 15) is 9.59 Å². The number of nitrogens with one attached hydrogen (secondary N) is 1. The summed E-state index contributed by atoms with van der Waals surface area (Å²) in [6, 6.07) is 9.20. The van der Waals surface area contributed by atoms with E-state index < -0.39 is 12.1 Å². The molecule has 20 heavy (non-hydrogen) atoms. The van der Waals surface area contributed by atoms with E-state index in [1.807, 2.05) is 11.4 Å². The molecule has 2 aromatic rings. The van der Waals surface area contributed by atoms with E-state index in [4.69, 9.17) is 9.84 Å². The molecule has 1 amide bonds. The standard InChI is InChI=1S/C14H13NO4S/c1-9(13(17)15-12-3-2-8-20-12)19-14(18)10-4-6-11(16)7-5-10/h2-9,16H,1H3,(H,15,17). The molecular weight excluding hydrogens is 278 g/mol. The lowest BCUT2D eigenvalue weighted by Gasteiger charge is -2.12. The normalized spacial score (nSPS) is 11.7. The quantitative estimate of drug-likeness (QED) is 0.849. The second kappa shape index (κ2) is 6.21. The van der Waals surface area contributed by atoms with Gasteiger partial charge >= 0.3 is 5.97 Å². The molecule has 104 valence electrons. The highest BCUT2D eigenvalue weighted by Crippen LogP contribution is 2.16. The number of hydrogen-bond donors (Lipinski definition) is 2. The lowest BCUT2D eigenvalue weighted by atomic mass is 10.2. The molecule has 1 atom stereocenters. The Bertz CT molecular complexity index is 592. The van der Waals surface area contributed by atoms with Gasteiger partial charge in [-0.05, 0) is 48.7 Å². The molecule has 0 saturated heterocycles. The van der Waals surface area contributed by atoms with Crippen molar-refractivity contribution in [1.82, 2.24) is 0 Å². The Morgan fingerprint density at radius 1 is 1.25 bits per heavy atom. The van der Waals surface area contributed by atoms with Crippen LogP contribution in [0.3, 0.4) is 0 Å². The zero-order chi connectivity index (χ0) is 14.5. The summed E-state index contributed by atoms with van der Waals surface area (Å²) < 4.78 is 5.06. The fourth-order valence-electron chi connectivity index (χ4n) is 1.45. The number of ether oxygens (including phenoxy) is 1. The minimum atomic E-state index is -0.904. The molecule has 5 nitrogen and oxygen atoms in total. The van der Waals surface area contributed by atoms with Crippen LogP contribution >= 0.6 is 11.3 Å². The predicted octanol–water partition coefficient (Wildman–Crippen LogP) is 2.64. The van der Waals surface area contributed by atoms with Gasteiger partial charge < -0.3 is 15.2 Å². The zero-order valence-electron chi connectivity index (χ0n) is 10.7. The number of carbonyl (C=O) groups is 2. The van der Waals surface area contributed by atoms with Crippen LogP contribution < -0.4 is 5.32 Å². The molecule has 2 N–H and O–H groups in total. The Morgan fingerprint density at radius 2 is 1.95 bits per heavy atom. The minimum absolute atomic E-state index is 0.0602. The number of phenolic OH excluding ortho intramolecular Hbond substituents is 1. The van der Waals surface area contributed by atoms with Gasteiger partial charge in [-0.15, -0.1) is 11.3 Å². The maximum Gasteiger partial charge on any atom is 0.338 e. The van der Waals surface area contributed by atoms with E-state index in [1.165, 1.54) is 42.5 Å². The molecule has 2 rings (SSSR count). The fraction of sp³-hybridized carbons (Fsp3) is 0.143. The molecule has 0 saturated carbocycles. The topological polar surface area (TPSA) is 75.6 Å². The number of amides is 1. The number of hydrogen-bond acceptors (Lipinski definition) is 5. The van der Waals surface area contributed by atoms with Crippen molar-refractivity contribution in [2.75, 3.05) is 5.32 Å². The van der Waals surface area contributed by atoms with Gasteiger partial charge in [-0.1, -0.05) is 0 Å². The molecule has 1 heterocycles. The lowest BCUT2D eigenvalue weighted by Crippen LogP contribution is -2.29. The molecule has 0 bridgehead atoms. The third-order valence-corrected chi connectivity index (χ3v) is 3.31. The van der Waals surface area contributed by atoms with Gasteiger partial charge in [-0.2, -0.15) is 0 Å². The lowest BCUT2D eigenvalue weighted by molar-refractivity contribution is -0.123. The second-order valence-electron chi connectivity index (χ2n) is 4.06. The van der Waals surface area contributed by atoms with Crippen molar-refractivity contribution in [3.05, 3.63) is 47.3 Å². The van der Waals surface area contributed by atoms with Crippen LogP contribution in [-0.4, -0.2) is 23.1 Å². The van der Waals surface area contributed by atoms with Crippen LogP contribution in [0, 0.1) is 0 Å². The average molecular weight is 291 g/mol. The summed E-state index contributed by atoms with van der Waals surface area (Å²) >= 11 is 1.39. The monoisotopic (exact) mass is 291 g/mol. The maximum atomic E-state index is 11.8. The maximum absolute atomic E-state index is 11.8. The highest BCUT2D eigenvalue weighted by molar-refractivity contribution is 7.14. The molecule has 0 fully saturated rings. The summed E-state index contributed by atoms with van der Waals surface area (Å²) in [5, 5.41) is 14.3. The van der Waals surface area contributed by atoms with E-state index in [2.05, 4.69) is 5.32 Å². The molecule has 6 heteroatoms. The third kappa shape index (κ3) is 3.58. The summed E-state index contributed by atoms with van der Waals surface area (Å²) in [5.74, 6) is -0.941. The van der Waals surface area contributed by atoms with Gasteiger partial charge in [-0.25, -0.2) is 4.79 Å². The van der Waals surface area contributed by atoms with E-state index >= 15 is 0 Å². The average Bonchev–Trinajstić information content (AvgIpc) is 2.92. The molecular formula is C14H13NO4S. The molecule has 0 spiro atoms. The molecule has 0 aliphatic heterocycles. The van der Waals surface area contributed by atoms with Gasteiger partial charge in [0.1, 0.15) is 5.75 Å². The summed E-state index contributed by atoms with van der Waals surface area (Å²) in [6.07, 6.45) is -0.904. The number of benzene rings is 1. The third-order valence-electron chi connectivity index (χ3n) is 2.52. The number of carbonyl (C=O) groups excluding carboxylic acids is 2. The van der Waals surface area contributed by atoms with E-state index in [0.29, 0.717) is 5.00 Å². The molecule has 1 unspecified atom stereocenters. The molecule has 0 aliphatic carbocycles. The number of thiophene rings is 1. The molecule has 0 aliphatic rings. The van der Waals surface area contributed by atoms with Crippen LogP contribution in [0.4, 0.5) is 5.00 Å². The Labute approximate surface area is 119 Å². The van der Waals surface area contributed by atoms with Crippen LogP contribution in [0.2, 0.25) is 0 Å². The first-order valence-electron chi connectivity index (χ1n) is 5.90. The second-order valence-corrected chi connectivity index (χ2v) is 5.01. The van der Waals surface area contributed by atoms with Crippen molar-refractivity contribution in [3.63, 3.8) is 0 Å². The van der Waals surface area contributed by atoms with Crippen LogP contribution in [0.15, 0.2) is 41.8 Å². The van der Waals surface area contributed by atoms with Crippen molar-refractivity contribution in [1.29, 1.82) is 0 Å².